The summed E-state index contributed by atoms with van der Waals surface area (Å²) in [4.78, 5) is 0. The summed E-state index contributed by atoms with van der Waals surface area (Å²) in [6.45, 7) is 0. The van der Waals surface area contributed by atoms with Crippen molar-refractivity contribution >= 4 is 6.21 Å². The molecule has 24 heavy (non-hydrogen) atoms. The standard InChI is InChI=1S/C17H13F2N3O2/c1-22-14(9-20-24)16(15-12(18)3-2-4-13(15)19)17(21-22)10-5-7-11(23)8-6-10/h2-9,23-24H,1H3/b20-9+. The zero-order chi connectivity index (χ0) is 17.3. The molecule has 1 heterocycles. The molecule has 0 fully saturated rings. The number of aromatic hydroxyl groups is 1. The number of phenols is 1. The molecule has 0 atom stereocenters. The summed E-state index contributed by atoms with van der Waals surface area (Å²) in [6.07, 6.45) is 1.07. The van der Waals surface area contributed by atoms with Gasteiger partial charge in [0.2, 0.25) is 0 Å². The van der Waals surface area contributed by atoms with Crippen LogP contribution in [0.2, 0.25) is 0 Å². The first kappa shape index (κ1) is 15.7. The number of phenolic OH excluding ortho intramolecular Hbond substituents is 1. The number of aromatic nitrogens is 2. The zero-order valence-corrected chi connectivity index (χ0v) is 12.6. The Morgan fingerprint density at radius 1 is 1.04 bits per heavy atom. The maximum absolute atomic E-state index is 14.3. The quantitative estimate of drug-likeness (QED) is 0.438. The highest BCUT2D eigenvalue weighted by atomic mass is 19.1. The van der Waals surface area contributed by atoms with Gasteiger partial charge >= 0.3 is 0 Å². The number of oxime groups is 1. The highest BCUT2D eigenvalue weighted by molar-refractivity contribution is 5.95. The van der Waals surface area contributed by atoms with Crippen LogP contribution in [0, 0.1) is 11.6 Å². The topological polar surface area (TPSA) is 70.6 Å². The molecule has 1 aromatic heterocycles. The van der Waals surface area contributed by atoms with Gasteiger partial charge in [0.1, 0.15) is 23.1 Å². The van der Waals surface area contributed by atoms with Gasteiger partial charge in [0.15, 0.2) is 0 Å². The number of halogens is 2. The molecule has 0 amide bonds. The molecule has 2 aromatic carbocycles. The molecule has 0 saturated heterocycles. The third-order valence-electron chi connectivity index (χ3n) is 3.63. The van der Waals surface area contributed by atoms with Gasteiger partial charge in [-0.2, -0.15) is 5.10 Å². The first-order chi connectivity index (χ1) is 11.5. The lowest BCUT2D eigenvalue weighted by Crippen LogP contribution is -1.99. The fourth-order valence-electron chi connectivity index (χ4n) is 2.54. The van der Waals surface area contributed by atoms with Crippen molar-refractivity contribution in [3.63, 3.8) is 0 Å². The van der Waals surface area contributed by atoms with E-state index < -0.39 is 11.6 Å². The minimum Gasteiger partial charge on any atom is -0.508 e. The number of benzene rings is 2. The lowest BCUT2D eigenvalue weighted by Gasteiger charge is -2.07. The van der Waals surface area contributed by atoms with Gasteiger partial charge in [0.25, 0.3) is 0 Å². The van der Waals surface area contributed by atoms with Crippen molar-refractivity contribution in [3.05, 3.63) is 59.8 Å². The van der Waals surface area contributed by atoms with E-state index in [-0.39, 0.29) is 22.6 Å². The van der Waals surface area contributed by atoms with E-state index in [0.29, 0.717) is 11.3 Å². The summed E-state index contributed by atoms with van der Waals surface area (Å²) in [6, 6.07) is 9.62. The molecule has 3 aromatic rings. The Morgan fingerprint density at radius 2 is 1.67 bits per heavy atom. The van der Waals surface area contributed by atoms with Gasteiger partial charge in [-0.3, -0.25) is 4.68 Å². The van der Waals surface area contributed by atoms with E-state index in [1.54, 1.807) is 19.2 Å². The first-order valence-corrected chi connectivity index (χ1v) is 7.01. The van der Waals surface area contributed by atoms with E-state index in [1.165, 1.54) is 22.9 Å². The van der Waals surface area contributed by atoms with Crippen LogP contribution in [0.4, 0.5) is 8.78 Å². The Morgan fingerprint density at radius 3 is 2.25 bits per heavy atom. The molecule has 3 rings (SSSR count). The van der Waals surface area contributed by atoms with E-state index in [1.807, 2.05) is 0 Å². The molecule has 0 aliphatic carbocycles. The van der Waals surface area contributed by atoms with Crippen LogP contribution in [-0.4, -0.2) is 26.3 Å². The van der Waals surface area contributed by atoms with Crippen LogP contribution in [0.25, 0.3) is 22.4 Å². The van der Waals surface area contributed by atoms with Gasteiger partial charge in [-0.1, -0.05) is 11.2 Å². The molecule has 7 heteroatoms. The lowest BCUT2D eigenvalue weighted by atomic mass is 9.98. The van der Waals surface area contributed by atoms with Gasteiger partial charge in [0.05, 0.1) is 17.5 Å². The molecule has 0 spiro atoms. The van der Waals surface area contributed by atoms with Crippen molar-refractivity contribution in [2.24, 2.45) is 12.2 Å². The monoisotopic (exact) mass is 329 g/mol. The minimum absolute atomic E-state index is 0.0606. The maximum Gasteiger partial charge on any atom is 0.134 e. The first-order valence-electron chi connectivity index (χ1n) is 7.01. The van der Waals surface area contributed by atoms with Crippen LogP contribution in [0.3, 0.4) is 0 Å². The van der Waals surface area contributed by atoms with Crippen LogP contribution >= 0.6 is 0 Å². The molecule has 0 saturated carbocycles. The van der Waals surface area contributed by atoms with Crippen LogP contribution in [0.1, 0.15) is 5.69 Å². The molecular formula is C17H13F2N3O2. The Balaban J connectivity index is 2.36. The van der Waals surface area contributed by atoms with Crippen LogP contribution in [0.5, 0.6) is 5.75 Å². The summed E-state index contributed by atoms with van der Waals surface area (Å²) in [7, 11) is 1.57. The molecule has 0 radical (unpaired) electrons. The number of hydrogen-bond donors (Lipinski definition) is 2. The molecule has 5 nitrogen and oxygen atoms in total. The third-order valence-corrected chi connectivity index (χ3v) is 3.63. The van der Waals surface area contributed by atoms with E-state index in [9.17, 15) is 13.9 Å². The molecule has 0 aliphatic rings. The SMILES string of the molecule is Cn1nc(-c2ccc(O)cc2)c(-c2c(F)cccc2F)c1/C=N/O. The van der Waals surface area contributed by atoms with Gasteiger partial charge in [0, 0.05) is 18.2 Å². The fraction of sp³-hybridized carbons (Fsp3) is 0.0588. The largest absolute Gasteiger partial charge is 0.508 e. The average molecular weight is 329 g/mol. The van der Waals surface area contributed by atoms with Gasteiger partial charge < -0.3 is 10.3 Å². The predicted octanol–water partition coefficient (Wildman–Crippen LogP) is 3.55. The summed E-state index contributed by atoms with van der Waals surface area (Å²) >= 11 is 0. The smallest absolute Gasteiger partial charge is 0.134 e. The highest BCUT2D eigenvalue weighted by Gasteiger charge is 2.23. The number of rotatable bonds is 3. The average Bonchev–Trinajstić information content (AvgIpc) is 2.86. The highest BCUT2D eigenvalue weighted by Crippen LogP contribution is 2.37. The van der Waals surface area contributed by atoms with Crippen molar-refractivity contribution < 1.29 is 19.1 Å². The van der Waals surface area contributed by atoms with Crippen molar-refractivity contribution in [1.29, 1.82) is 0 Å². The lowest BCUT2D eigenvalue weighted by molar-refractivity contribution is 0.321. The van der Waals surface area contributed by atoms with E-state index in [0.717, 1.165) is 18.3 Å². The van der Waals surface area contributed by atoms with Crippen molar-refractivity contribution in [3.8, 4) is 28.1 Å². The van der Waals surface area contributed by atoms with Crippen LogP contribution in [-0.2, 0) is 7.05 Å². The zero-order valence-electron chi connectivity index (χ0n) is 12.6. The Kier molecular flexibility index (Phi) is 3.99. The summed E-state index contributed by atoms with van der Waals surface area (Å²) in [5.74, 6) is -1.45. The maximum atomic E-state index is 14.3. The molecule has 2 N–H and O–H groups in total. The summed E-state index contributed by atoms with van der Waals surface area (Å²) in [5.41, 5.74) is 1.000. The Hall–Kier alpha value is -3.22. The second-order valence-electron chi connectivity index (χ2n) is 5.12. The van der Waals surface area contributed by atoms with Crippen LogP contribution < -0.4 is 0 Å². The van der Waals surface area contributed by atoms with Crippen molar-refractivity contribution in [1.82, 2.24) is 9.78 Å². The second kappa shape index (κ2) is 6.11. The van der Waals surface area contributed by atoms with Gasteiger partial charge in [-0.05, 0) is 36.4 Å². The predicted molar refractivity (Wildman–Crippen MR) is 85.0 cm³/mol. The molecule has 0 bridgehead atoms. The number of aryl methyl sites for hydroxylation is 1. The molecule has 122 valence electrons. The van der Waals surface area contributed by atoms with Crippen molar-refractivity contribution in [2.75, 3.05) is 0 Å². The van der Waals surface area contributed by atoms with E-state index in [2.05, 4.69) is 10.3 Å². The fourth-order valence-corrected chi connectivity index (χ4v) is 2.54. The third kappa shape index (κ3) is 2.60. The van der Waals surface area contributed by atoms with E-state index >= 15 is 0 Å². The molecule has 0 aliphatic heterocycles. The molecule has 0 unspecified atom stereocenters. The summed E-state index contributed by atoms with van der Waals surface area (Å²) < 4.78 is 30.0. The minimum atomic E-state index is -0.754. The number of nitrogens with zero attached hydrogens (tertiary/aromatic N) is 3. The molecular weight excluding hydrogens is 316 g/mol. The van der Waals surface area contributed by atoms with Gasteiger partial charge in [-0.25, -0.2) is 8.78 Å². The Labute approximate surface area is 136 Å². The second-order valence-corrected chi connectivity index (χ2v) is 5.12. The summed E-state index contributed by atoms with van der Waals surface area (Å²) in [5, 5.41) is 25.6. The van der Waals surface area contributed by atoms with Crippen LogP contribution in [0.15, 0.2) is 47.6 Å². The normalized spacial score (nSPS) is 11.3. The Bertz CT molecular complexity index is 898. The number of hydrogen-bond acceptors (Lipinski definition) is 4. The van der Waals surface area contributed by atoms with Gasteiger partial charge in [-0.15, -0.1) is 0 Å². The van der Waals surface area contributed by atoms with E-state index in [4.69, 9.17) is 5.21 Å². The van der Waals surface area contributed by atoms with Crippen molar-refractivity contribution in [2.45, 2.75) is 0 Å².